The van der Waals surface area contributed by atoms with Gasteiger partial charge in [-0.15, -0.1) is 0 Å². The first-order valence-corrected chi connectivity index (χ1v) is 11.4. The molecule has 1 fully saturated rings. The van der Waals surface area contributed by atoms with Gasteiger partial charge in [-0.2, -0.15) is 0 Å². The number of hydrogen-bond donors (Lipinski definition) is 1. The largest absolute Gasteiger partial charge is 0.380 e. The highest BCUT2D eigenvalue weighted by atomic mass is 35.5. The van der Waals surface area contributed by atoms with Crippen LogP contribution in [0.3, 0.4) is 0 Å². The third kappa shape index (κ3) is 5.57. The van der Waals surface area contributed by atoms with Crippen molar-refractivity contribution in [3.05, 3.63) is 58.1 Å². The van der Waals surface area contributed by atoms with Crippen molar-refractivity contribution in [2.45, 2.75) is 13.5 Å². The number of hydrogen-bond acceptors (Lipinski definition) is 6. The van der Waals surface area contributed by atoms with E-state index in [0.717, 1.165) is 66.0 Å². The molecule has 8 heteroatoms. The molecule has 0 saturated carbocycles. The van der Waals surface area contributed by atoms with Gasteiger partial charge in [-0.1, -0.05) is 35.3 Å². The average molecular weight is 460 g/mol. The van der Waals surface area contributed by atoms with Gasteiger partial charge in [0.05, 0.1) is 17.6 Å². The summed E-state index contributed by atoms with van der Waals surface area (Å²) < 4.78 is 5.47. The second kappa shape index (κ2) is 10.5. The van der Waals surface area contributed by atoms with Gasteiger partial charge in [0.2, 0.25) is 0 Å². The van der Waals surface area contributed by atoms with Gasteiger partial charge in [0.15, 0.2) is 11.6 Å². The summed E-state index contributed by atoms with van der Waals surface area (Å²) in [6, 6.07) is 13.6. The number of nitrogens with zero attached hydrogens (tertiary/aromatic N) is 4. The van der Waals surface area contributed by atoms with Gasteiger partial charge in [0.1, 0.15) is 0 Å². The van der Waals surface area contributed by atoms with Crippen LogP contribution in [0.15, 0.2) is 42.5 Å². The summed E-state index contributed by atoms with van der Waals surface area (Å²) in [5.74, 6) is 1.71. The van der Waals surface area contributed by atoms with E-state index in [1.807, 2.05) is 49.4 Å². The van der Waals surface area contributed by atoms with Crippen LogP contribution in [0, 0.1) is 0 Å². The van der Waals surface area contributed by atoms with Gasteiger partial charge in [-0.3, -0.25) is 4.90 Å². The van der Waals surface area contributed by atoms with Crippen LogP contribution in [-0.2, 0) is 11.3 Å². The third-order valence-electron chi connectivity index (χ3n) is 5.37. The lowest BCUT2D eigenvalue weighted by molar-refractivity contribution is 0.158. The summed E-state index contributed by atoms with van der Waals surface area (Å²) in [5.41, 5.74) is 2.85. The molecule has 0 bridgehead atoms. The summed E-state index contributed by atoms with van der Waals surface area (Å²) in [6.45, 7) is 8.38. The quantitative estimate of drug-likeness (QED) is 0.492. The van der Waals surface area contributed by atoms with Crippen LogP contribution in [0.25, 0.3) is 11.0 Å². The minimum atomic E-state index is 0.638. The highest BCUT2D eigenvalue weighted by molar-refractivity contribution is 6.33. The molecule has 1 aliphatic heterocycles. The zero-order valence-electron chi connectivity index (χ0n) is 17.7. The molecule has 4 rings (SSSR count). The Balaban J connectivity index is 1.47. The topological polar surface area (TPSA) is 53.5 Å². The molecule has 1 aromatic heterocycles. The molecule has 0 unspecified atom stereocenters. The van der Waals surface area contributed by atoms with Crippen LogP contribution in [0.2, 0.25) is 10.0 Å². The number of benzene rings is 2. The fraction of sp³-hybridized carbons (Fsp3) is 0.391. The third-order valence-corrected chi connectivity index (χ3v) is 5.97. The summed E-state index contributed by atoms with van der Waals surface area (Å²) in [6.07, 6.45) is 0. The van der Waals surface area contributed by atoms with E-state index in [1.165, 1.54) is 0 Å². The molecule has 1 N–H and O–H groups in total. The Hall–Kier alpha value is -2.12. The number of anilines is 2. The van der Waals surface area contributed by atoms with Gasteiger partial charge in [0, 0.05) is 55.9 Å². The van der Waals surface area contributed by atoms with Crippen LogP contribution in [-0.4, -0.2) is 60.8 Å². The van der Waals surface area contributed by atoms with Crippen LogP contribution >= 0.6 is 23.2 Å². The van der Waals surface area contributed by atoms with E-state index in [-0.39, 0.29) is 0 Å². The van der Waals surface area contributed by atoms with Gasteiger partial charge in [0.25, 0.3) is 0 Å². The molecule has 2 aromatic carbocycles. The molecule has 0 radical (unpaired) electrons. The molecule has 1 saturated heterocycles. The summed E-state index contributed by atoms with van der Waals surface area (Å²) >= 11 is 12.5. The lowest BCUT2D eigenvalue weighted by atomic mass is 10.2. The zero-order valence-corrected chi connectivity index (χ0v) is 19.2. The van der Waals surface area contributed by atoms with E-state index in [1.54, 1.807) is 0 Å². The molecule has 0 spiro atoms. The standard InChI is InChI=1S/C23H27Cl2N5O/c1-2-31-14-9-26-22-23(28-21-6-4-3-5-20(21)27-22)30-12-10-29(11-13-30)16-17-15-18(24)7-8-19(17)25/h3-8,15H,2,9-14,16H2,1H3,(H,26,27). The average Bonchev–Trinajstić information content (AvgIpc) is 2.79. The van der Waals surface area contributed by atoms with E-state index in [2.05, 4.69) is 15.1 Å². The summed E-state index contributed by atoms with van der Waals surface area (Å²) in [4.78, 5) is 14.5. The van der Waals surface area contributed by atoms with Crippen LogP contribution in [0.5, 0.6) is 0 Å². The van der Waals surface area contributed by atoms with E-state index < -0.39 is 0 Å². The first-order chi connectivity index (χ1) is 15.1. The molecular formula is C23H27Cl2N5O. The molecule has 164 valence electrons. The second-order valence-electron chi connectivity index (χ2n) is 7.51. The first-order valence-electron chi connectivity index (χ1n) is 10.6. The molecular weight excluding hydrogens is 433 g/mol. The van der Waals surface area contributed by atoms with Crippen molar-refractivity contribution >= 4 is 45.9 Å². The van der Waals surface area contributed by atoms with Crippen molar-refractivity contribution in [3.63, 3.8) is 0 Å². The summed E-state index contributed by atoms with van der Waals surface area (Å²) in [7, 11) is 0. The fourth-order valence-corrected chi connectivity index (χ4v) is 4.11. The zero-order chi connectivity index (χ0) is 21.6. The molecule has 2 heterocycles. The normalized spacial score (nSPS) is 14.9. The lowest BCUT2D eigenvalue weighted by Crippen LogP contribution is -2.46. The Morgan fingerprint density at radius 3 is 2.48 bits per heavy atom. The molecule has 6 nitrogen and oxygen atoms in total. The van der Waals surface area contributed by atoms with Crippen molar-refractivity contribution in [1.82, 2.24) is 14.9 Å². The first kappa shape index (κ1) is 22.1. The van der Waals surface area contributed by atoms with E-state index in [4.69, 9.17) is 37.9 Å². The van der Waals surface area contributed by atoms with Gasteiger partial charge >= 0.3 is 0 Å². The summed E-state index contributed by atoms with van der Waals surface area (Å²) in [5, 5.41) is 4.89. The van der Waals surface area contributed by atoms with Gasteiger partial charge in [-0.05, 0) is 42.8 Å². The molecule has 0 atom stereocenters. The Labute approximate surface area is 193 Å². The maximum Gasteiger partial charge on any atom is 0.172 e. The van der Waals surface area contributed by atoms with Gasteiger partial charge in [-0.25, -0.2) is 9.97 Å². The maximum absolute atomic E-state index is 6.35. The molecule has 0 aliphatic carbocycles. The van der Waals surface area contributed by atoms with Crippen molar-refractivity contribution in [3.8, 4) is 0 Å². The van der Waals surface area contributed by atoms with Gasteiger partial charge < -0.3 is 15.0 Å². The number of piperazine rings is 1. The molecule has 31 heavy (non-hydrogen) atoms. The van der Waals surface area contributed by atoms with E-state index in [0.29, 0.717) is 24.8 Å². The minimum Gasteiger partial charge on any atom is -0.380 e. The van der Waals surface area contributed by atoms with Crippen molar-refractivity contribution in [2.24, 2.45) is 0 Å². The number of halogens is 2. The predicted octanol–water partition coefficient (Wildman–Crippen LogP) is 4.71. The van der Waals surface area contributed by atoms with Crippen LogP contribution in [0.1, 0.15) is 12.5 Å². The monoisotopic (exact) mass is 459 g/mol. The molecule has 3 aromatic rings. The van der Waals surface area contributed by atoms with Crippen LogP contribution in [0.4, 0.5) is 11.6 Å². The Morgan fingerprint density at radius 1 is 1.00 bits per heavy atom. The number of para-hydroxylation sites is 2. The van der Waals surface area contributed by atoms with Crippen LogP contribution < -0.4 is 10.2 Å². The fourth-order valence-electron chi connectivity index (χ4n) is 3.74. The predicted molar refractivity (Wildman–Crippen MR) is 128 cm³/mol. The molecule has 0 amide bonds. The minimum absolute atomic E-state index is 0.638. The van der Waals surface area contributed by atoms with E-state index in [9.17, 15) is 0 Å². The Bertz CT molecular complexity index is 1020. The smallest absolute Gasteiger partial charge is 0.172 e. The Morgan fingerprint density at radius 2 is 1.74 bits per heavy atom. The number of nitrogens with one attached hydrogen (secondary N) is 1. The number of aromatic nitrogens is 2. The number of rotatable bonds is 8. The highest BCUT2D eigenvalue weighted by Crippen LogP contribution is 2.27. The second-order valence-corrected chi connectivity index (χ2v) is 8.35. The highest BCUT2D eigenvalue weighted by Gasteiger charge is 2.22. The SMILES string of the molecule is CCOCCNc1nc2ccccc2nc1N1CCN(Cc2cc(Cl)ccc2Cl)CC1. The van der Waals surface area contributed by atoms with Crippen molar-refractivity contribution < 1.29 is 4.74 Å². The molecule has 1 aliphatic rings. The maximum atomic E-state index is 6.35. The Kier molecular flexibility index (Phi) is 7.45. The number of fused-ring (bicyclic) bond motifs is 1. The van der Waals surface area contributed by atoms with Crippen molar-refractivity contribution in [2.75, 3.05) is 56.2 Å². The number of ether oxygens (including phenoxy) is 1. The van der Waals surface area contributed by atoms with E-state index >= 15 is 0 Å². The lowest BCUT2D eigenvalue weighted by Gasteiger charge is -2.36. The van der Waals surface area contributed by atoms with Crippen molar-refractivity contribution in [1.29, 1.82) is 0 Å².